The van der Waals surface area contributed by atoms with Gasteiger partial charge in [0.2, 0.25) is 0 Å². The van der Waals surface area contributed by atoms with Crippen LogP contribution in [0.5, 0.6) is 0 Å². The van der Waals surface area contributed by atoms with Gasteiger partial charge in [0.05, 0.1) is 11.8 Å². The van der Waals surface area contributed by atoms with Crippen LogP contribution in [0.25, 0.3) is 0 Å². The lowest BCUT2D eigenvalue weighted by Gasteiger charge is -2.12. The molecule has 94 valence electrons. The van der Waals surface area contributed by atoms with Gasteiger partial charge >= 0.3 is 0 Å². The lowest BCUT2D eigenvalue weighted by molar-refractivity contribution is 0.0939. The molecular formula is C14H16N2O2. The van der Waals surface area contributed by atoms with E-state index < -0.39 is 0 Å². The smallest absolute Gasteiger partial charge is 0.253 e. The average Bonchev–Trinajstić information content (AvgIpc) is 2.82. The number of nitrogens with zero attached hydrogens (tertiary/aromatic N) is 1. The van der Waals surface area contributed by atoms with Crippen molar-refractivity contribution in [3.05, 3.63) is 53.7 Å². The molecule has 0 fully saturated rings. The highest BCUT2D eigenvalue weighted by molar-refractivity contribution is 5.94. The number of hydrogen-bond donors (Lipinski definition) is 1. The fraction of sp³-hybridized carbons (Fsp3) is 0.286. The minimum atomic E-state index is -0.110. The van der Waals surface area contributed by atoms with Crippen LogP contribution in [-0.4, -0.2) is 16.9 Å². The Morgan fingerprint density at radius 2 is 2.28 bits per heavy atom. The lowest BCUT2D eigenvalue weighted by atomic mass is 10.1. The fourth-order valence-corrected chi connectivity index (χ4v) is 1.69. The van der Waals surface area contributed by atoms with Crippen molar-refractivity contribution in [1.29, 1.82) is 0 Å². The molecular weight excluding hydrogens is 228 g/mol. The molecule has 2 heterocycles. The first-order chi connectivity index (χ1) is 8.65. The number of pyridine rings is 1. The number of furan rings is 1. The molecule has 0 spiro atoms. The maximum Gasteiger partial charge on any atom is 0.253 e. The molecule has 0 bridgehead atoms. The molecule has 0 aromatic carbocycles. The Labute approximate surface area is 106 Å². The summed E-state index contributed by atoms with van der Waals surface area (Å²) in [5.74, 6) is 0.756. The number of carbonyl (C=O) groups excluding carboxylic acids is 1. The topological polar surface area (TPSA) is 55.1 Å². The molecule has 0 aliphatic carbocycles. The highest BCUT2D eigenvalue weighted by atomic mass is 16.3. The molecule has 0 aliphatic rings. The van der Waals surface area contributed by atoms with Gasteiger partial charge in [-0.3, -0.25) is 9.78 Å². The van der Waals surface area contributed by atoms with E-state index in [4.69, 9.17) is 4.42 Å². The molecule has 1 N–H and O–H groups in total. The lowest BCUT2D eigenvalue weighted by Crippen LogP contribution is -2.34. The number of hydrogen-bond acceptors (Lipinski definition) is 3. The molecule has 4 nitrogen and oxygen atoms in total. The molecule has 4 heteroatoms. The highest BCUT2D eigenvalue weighted by Gasteiger charge is 2.11. The number of aryl methyl sites for hydroxylation is 1. The second-order valence-corrected chi connectivity index (χ2v) is 4.35. The Hall–Kier alpha value is -2.10. The quantitative estimate of drug-likeness (QED) is 0.898. The average molecular weight is 244 g/mol. The van der Waals surface area contributed by atoms with Gasteiger partial charge in [-0.2, -0.15) is 0 Å². The molecule has 0 unspecified atom stereocenters. The second kappa shape index (κ2) is 5.49. The Morgan fingerprint density at radius 1 is 1.44 bits per heavy atom. The van der Waals surface area contributed by atoms with Crippen LogP contribution in [0.3, 0.4) is 0 Å². The number of amides is 1. The van der Waals surface area contributed by atoms with Gasteiger partial charge in [0.25, 0.3) is 5.91 Å². The third-order valence-electron chi connectivity index (χ3n) is 2.64. The minimum absolute atomic E-state index is 0.0185. The van der Waals surface area contributed by atoms with Crippen molar-refractivity contribution >= 4 is 5.91 Å². The number of aromatic nitrogens is 1. The van der Waals surface area contributed by atoms with Crippen LogP contribution in [0, 0.1) is 6.92 Å². The highest BCUT2D eigenvalue weighted by Crippen LogP contribution is 2.05. The Balaban J connectivity index is 1.92. The molecule has 2 aromatic heterocycles. The van der Waals surface area contributed by atoms with Crippen LogP contribution < -0.4 is 5.32 Å². The Morgan fingerprint density at radius 3 is 2.89 bits per heavy atom. The summed E-state index contributed by atoms with van der Waals surface area (Å²) >= 11 is 0. The van der Waals surface area contributed by atoms with E-state index in [-0.39, 0.29) is 11.9 Å². The standard InChI is InChI=1S/C14H16N2O2/c1-10-5-6-12(9-15-10)14(17)16-11(2)8-13-4-3-7-18-13/h3-7,9,11H,8H2,1-2H3,(H,16,17)/t11-/m1/s1. The van der Waals surface area contributed by atoms with Crippen molar-refractivity contribution < 1.29 is 9.21 Å². The van der Waals surface area contributed by atoms with Gasteiger partial charge in [-0.1, -0.05) is 0 Å². The minimum Gasteiger partial charge on any atom is -0.469 e. The van der Waals surface area contributed by atoms with Gasteiger partial charge in [0.15, 0.2) is 0 Å². The third-order valence-corrected chi connectivity index (χ3v) is 2.64. The van der Waals surface area contributed by atoms with Crippen LogP contribution in [-0.2, 0) is 6.42 Å². The molecule has 2 aromatic rings. The molecule has 0 radical (unpaired) electrons. The SMILES string of the molecule is Cc1ccc(C(=O)N[C@H](C)Cc2ccco2)cn1. The normalized spacial score (nSPS) is 12.1. The number of rotatable bonds is 4. The summed E-state index contributed by atoms with van der Waals surface area (Å²) in [5, 5.41) is 2.91. The van der Waals surface area contributed by atoms with Crippen molar-refractivity contribution in [3.8, 4) is 0 Å². The summed E-state index contributed by atoms with van der Waals surface area (Å²) in [4.78, 5) is 16.0. The van der Waals surface area contributed by atoms with E-state index in [1.807, 2.05) is 32.0 Å². The van der Waals surface area contributed by atoms with E-state index in [2.05, 4.69) is 10.3 Å². The predicted molar refractivity (Wildman–Crippen MR) is 68.3 cm³/mol. The zero-order valence-corrected chi connectivity index (χ0v) is 10.5. The van der Waals surface area contributed by atoms with Crippen molar-refractivity contribution in [2.75, 3.05) is 0 Å². The largest absolute Gasteiger partial charge is 0.469 e. The van der Waals surface area contributed by atoms with E-state index in [0.717, 1.165) is 11.5 Å². The van der Waals surface area contributed by atoms with Crippen molar-refractivity contribution in [2.24, 2.45) is 0 Å². The van der Waals surface area contributed by atoms with Crippen LogP contribution in [0.4, 0.5) is 0 Å². The summed E-state index contributed by atoms with van der Waals surface area (Å²) in [5.41, 5.74) is 1.47. The van der Waals surface area contributed by atoms with Crippen molar-refractivity contribution in [2.45, 2.75) is 26.3 Å². The number of nitrogens with one attached hydrogen (secondary N) is 1. The van der Waals surface area contributed by atoms with Gasteiger partial charge in [0, 0.05) is 24.4 Å². The summed E-state index contributed by atoms with van der Waals surface area (Å²) < 4.78 is 5.24. The molecule has 2 rings (SSSR count). The van der Waals surface area contributed by atoms with E-state index in [1.165, 1.54) is 0 Å². The summed E-state index contributed by atoms with van der Waals surface area (Å²) in [6, 6.07) is 7.36. The van der Waals surface area contributed by atoms with Crippen molar-refractivity contribution in [3.63, 3.8) is 0 Å². The van der Waals surface area contributed by atoms with E-state index in [1.54, 1.807) is 18.5 Å². The second-order valence-electron chi connectivity index (χ2n) is 4.35. The molecule has 0 saturated carbocycles. The molecule has 1 atom stereocenters. The van der Waals surface area contributed by atoms with Crippen LogP contribution in [0.1, 0.15) is 28.7 Å². The van der Waals surface area contributed by atoms with Gasteiger partial charge in [0.1, 0.15) is 5.76 Å². The number of carbonyl (C=O) groups is 1. The van der Waals surface area contributed by atoms with Crippen molar-refractivity contribution in [1.82, 2.24) is 10.3 Å². The first kappa shape index (κ1) is 12.4. The summed E-state index contributed by atoms with van der Waals surface area (Å²) in [6.07, 6.45) is 3.90. The zero-order valence-electron chi connectivity index (χ0n) is 10.5. The summed E-state index contributed by atoms with van der Waals surface area (Å²) in [7, 11) is 0. The van der Waals surface area contributed by atoms with Crippen LogP contribution in [0.15, 0.2) is 41.1 Å². The van der Waals surface area contributed by atoms with E-state index >= 15 is 0 Å². The first-order valence-corrected chi connectivity index (χ1v) is 5.91. The monoisotopic (exact) mass is 244 g/mol. The maximum atomic E-state index is 11.9. The fourth-order valence-electron chi connectivity index (χ4n) is 1.69. The van der Waals surface area contributed by atoms with Crippen LogP contribution in [0.2, 0.25) is 0 Å². The first-order valence-electron chi connectivity index (χ1n) is 5.91. The summed E-state index contributed by atoms with van der Waals surface area (Å²) in [6.45, 7) is 3.84. The molecule has 0 aliphatic heterocycles. The third kappa shape index (κ3) is 3.20. The Bertz CT molecular complexity index is 503. The van der Waals surface area contributed by atoms with Gasteiger partial charge in [-0.15, -0.1) is 0 Å². The zero-order chi connectivity index (χ0) is 13.0. The van der Waals surface area contributed by atoms with Gasteiger partial charge < -0.3 is 9.73 Å². The van der Waals surface area contributed by atoms with E-state index in [0.29, 0.717) is 12.0 Å². The molecule has 1 amide bonds. The van der Waals surface area contributed by atoms with Gasteiger partial charge in [-0.05, 0) is 38.1 Å². The maximum absolute atomic E-state index is 11.9. The molecule has 18 heavy (non-hydrogen) atoms. The van der Waals surface area contributed by atoms with Gasteiger partial charge in [-0.25, -0.2) is 0 Å². The van der Waals surface area contributed by atoms with Crippen LogP contribution >= 0.6 is 0 Å². The molecule has 0 saturated heterocycles. The van der Waals surface area contributed by atoms with E-state index in [9.17, 15) is 4.79 Å². The predicted octanol–water partition coefficient (Wildman–Crippen LogP) is 2.34. The Kier molecular flexibility index (Phi) is 3.77.